The van der Waals surface area contributed by atoms with Gasteiger partial charge in [-0.25, -0.2) is 0 Å². The van der Waals surface area contributed by atoms with Gasteiger partial charge in [0.2, 0.25) is 0 Å². The van der Waals surface area contributed by atoms with Crippen molar-refractivity contribution in [2.24, 2.45) is 0 Å². The number of hydrogen-bond donors (Lipinski definition) is 1. The zero-order valence-electron chi connectivity index (χ0n) is 9.82. The molecule has 0 aliphatic carbocycles. The van der Waals surface area contributed by atoms with Gasteiger partial charge < -0.3 is 9.73 Å². The van der Waals surface area contributed by atoms with Crippen LogP contribution in [0.25, 0.3) is 0 Å². The fourth-order valence-electron chi connectivity index (χ4n) is 1.74. The number of hydrogen-bond acceptors (Lipinski definition) is 2. The Balaban J connectivity index is 1.82. The zero-order valence-corrected chi connectivity index (χ0v) is 10.6. The molecule has 1 aromatic heterocycles. The van der Waals surface area contributed by atoms with E-state index < -0.39 is 0 Å². The van der Waals surface area contributed by atoms with E-state index in [0.29, 0.717) is 6.04 Å². The van der Waals surface area contributed by atoms with Gasteiger partial charge in [0, 0.05) is 24.0 Å². The van der Waals surface area contributed by atoms with Crippen LogP contribution < -0.4 is 5.32 Å². The van der Waals surface area contributed by atoms with Crippen LogP contribution >= 0.6 is 11.6 Å². The molecule has 0 aliphatic heterocycles. The maximum Gasteiger partial charge on any atom is 0.105 e. The molecule has 2 nitrogen and oxygen atoms in total. The molecular weight excluding hydrogens is 234 g/mol. The van der Waals surface area contributed by atoms with E-state index >= 15 is 0 Å². The standard InChI is InChI=1S/C14H16ClNO/c1-11(8-14-6-3-7-17-14)16-10-12-4-2-5-13(15)9-12/h2-7,9,11,16H,8,10H2,1H3. The molecule has 1 atom stereocenters. The average molecular weight is 250 g/mol. The van der Waals surface area contributed by atoms with E-state index in [1.54, 1.807) is 6.26 Å². The molecule has 90 valence electrons. The van der Waals surface area contributed by atoms with E-state index in [-0.39, 0.29) is 0 Å². The van der Waals surface area contributed by atoms with Crippen molar-refractivity contribution in [1.29, 1.82) is 0 Å². The highest BCUT2D eigenvalue weighted by atomic mass is 35.5. The van der Waals surface area contributed by atoms with Gasteiger partial charge in [0.25, 0.3) is 0 Å². The third-order valence-corrected chi connectivity index (χ3v) is 2.87. The monoisotopic (exact) mass is 249 g/mol. The highest BCUT2D eigenvalue weighted by Gasteiger charge is 2.05. The molecule has 2 rings (SSSR count). The molecule has 0 aliphatic rings. The minimum atomic E-state index is 0.375. The Morgan fingerprint density at radius 2 is 2.18 bits per heavy atom. The van der Waals surface area contributed by atoms with Gasteiger partial charge in [0.05, 0.1) is 6.26 Å². The van der Waals surface area contributed by atoms with E-state index in [4.69, 9.17) is 16.0 Å². The lowest BCUT2D eigenvalue weighted by atomic mass is 10.1. The van der Waals surface area contributed by atoms with E-state index in [1.807, 2.05) is 30.3 Å². The van der Waals surface area contributed by atoms with Crippen LogP contribution in [0.4, 0.5) is 0 Å². The summed E-state index contributed by atoms with van der Waals surface area (Å²) < 4.78 is 5.31. The summed E-state index contributed by atoms with van der Waals surface area (Å²) in [4.78, 5) is 0. The number of halogens is 1. The van der Waals surface area contributed by atoms with Gasteiger partial charge in [-0.2, -0.15) is 0 Å². The number of nitrogens with one attached hydrogen (secondary N) is 1. The molecule has 0 spiro atoms. The van der Waals surface area contributed by atoms with Crippen molar-refractivity contribution >= 4 is 11.6 Å². The average Bonchev–Trinajstić information content (AvgIpc) is 2.79. The van der Waals surface area contributed by atoms with Crippen molar-refractivity contribution in [3.05, 3.63) is 59.0 Å². The van der Waals surface area contributed by atoms with Crippen LogP contribution in [0, 0.1) is 0 Å². The summed E-state index contributed by atoms with van der Waals surface area (Å²) >= 11 is 5.93. The van der Waals surface area contributed by atoms with Crippen LogP contribution in [0.1, 0.15) is 18.2 Å². The Morgan fingerprint density at radius 1 is 1.29 bits per heavy atom. The topological polar surface area (TPSA) is 25.2 Å². The van der Waals surface area contributed by atoms with Gasteiger partial charge in [0.15, 0.2) is 0 Å². The third-order valence-electron chi connectivity index (χ3n) is 2.63. The second kappa shape index (κ2) is 5.89. The Labute approximate surface area is 107 Å². The minimum absolute atomic E-state index is 0.375. The molecule has 1 N–H and O–H groups in total. The molecular formula is C14H16ClNO. The van der Waals surface area contributed by atoms with Crippen molar-refractivity contribution in [3.8, 4) is 0 Å². The maximum absolute atomic E-state index is 5.93. The van der Waals surface area contributed by atoms with Crippen LogP contribution in [0.5, 0.6) is 0 Å². The fraction of sp³-hybridized carbons (Fsp3) is 0.286. The van der Waals surface area contributed by atoms with Gasteiger partial charge in [0.1, 0.15) is 5.76 Å². The van der Waals surface area contributed by atoms with E-state index in [0.717, 1.165) is 23.7 Å². The molecule has 1 unspecified atom stereocenters. The predicted molar refractivity (Wildman–Crippen MR) is 70.2 cm³/mol. The molecule has 0 bridgehead atoms. The van der Waals surface area contributed by atoms with E-state index in [9.17, 15) is 0 Å². The summed E-state index contributed by atoms with van der Waals surface area (Å²) in [7, 11) is 0. The van der Waals surface area contributed by atoms with Gasteiger partial charge in [-0.05, 0) is 36.8 Å². The third kappa shape index (κ3) is 3.91. The molecule has 0 amide bonds. The first-order valence-corrected chi connectivity index (χ1v) is 6.12. The van der Waals surface area contributed by atoms with E-state index in [2.05, 4.69) is 18.3 Å². The fourth-order valence-corrected chi connectivity index (χ4v) is 1.95. The minimum Gasteiger partial charge on any atom is -0.469 e. The van der Waals surface area contributed by atoms with Crippen LogP contribution in [-0.4, -0.2) is 6.04 Å². The molecule has 0 fully saturated rings. The van der Waals surface area contributed by atoms with Crippen molar-refractivity contribution in [2.75, 3.05) is 0 Å². The predicted octanol–water partition coefficient (Wildman–Crippen LogP) is 3.65. The molecule has 1 heterocycles. The molecule has 0 radical (unpaired) electrons. The quantitative estimate of drug-likeness (QED) is 0.875. The Morgan fingerprint density at radius 3 is 2.88 bits per heavy atom. The van der Waals surface area contributed by atoms with Crippen molar-refractivity contribution in [1.82, 2.24) is 5.32 Å². The Hall–Kier alpha value is -1.25. The second-order valence-corrected chi connectivity index (χ2v) is 4.63. The Bertz CT molecular complexity index is 453. The molecule has 17 heavy (non-hydrogen) atoms. The number of benzene rings is 1. The summed E-state index contributed by atoms with van der Waals surface area (Å²) in [6.07, 6.45) is 2.60. The molecule has 3 heteroatoms. The molecule has 1 aromatic carbocycles. The summed E-state index contributed by atoms with van der Waals surface area (Å²) in [5.74, 6) is 1.01. The summed E-state index contributed by atoms with van der Waals surface area (Å²) in [5, 5.41) is 4.23. The van der Waals surface area contributed by atoms with Crippen molar-refractivity contribution in [3.63, 3.8) is 0 Å². The normalized spacial score (nSPS) is 12.6. The first-order chi connectivity index (χ1) is 8.24. The van der Waals surface area contributed by atoms with Crippen LogP contribution in [0.15, 0.2) is 47.1 Å². The van der Waals surface area contributed by atoms with E-state index in [1.165, 1.54) is 5.56 Å². The van der Waals surface area contributed by atoms with Gasteiger partial charge >= 0.3 is 0 Å². The van der Waals surface area contributed by atoms with Crippen molar-refractivity contribution in [2.45, 2.75) is 25.9 Å². The highest BCUT2D eigenvalue weighted by molar-refractivity contribution is 6.30. The summed E-state index contributed by atoms with van der Waals surface area (Å²) in [5.41, 5.74) is 1.20. The second-order valence-electron chi connectivity index (χ2n) is 4.20. The Kier molecular flexibility index (Phi) is 4.24. The van der Waals surface area contributed by atoms with Gasteiger partial charge in [-0.1, -0.05) is 23.7 Å². The lowest BCUT2D eigenvalue weighted by Crippen LogP contribution is -2.27. The molecule has 2 aromatic rings. The maximum atomic E-state index is 5.93. The SMILES string of the molecule is CC(Cc1ccco1)NCc1cccc(Cl)c1. The highest BCUT2D eigenvalue weighted by Crippen LogP contribution is 2.11. The first-order valence-electron chi connectivity index (χ1n) is 5.74. The van der Waals surface area contributed by atoms with Crippen LogP contribution in [0.2, 0.25) is 5.02 Å². The zero-order chi connectivity index (χ0) is 12.1. The number of furan rings is 1. The lowest BCUT2D eigenvalue weighted by molar-refractivity contribution is 0.456. The number of rotatable bonds is 5. The van der Waals surface area contributed by atoms with Gasteiger partial charge in [-0.3, -0.25) is 0 Å². The van der Waals surface area contributed by atoms with Crippen LogP contribution in [-0.2, 0) is 13.0 Å². The lowest BCUT2D eigenvalue weighted by Gasteiger charge is -2.12. The van der Waals surface area contributed by atoms with Gasteiger partial charge in [-0.15, -0.1) is 0 Å². The molecule has 0 saturated heterocycles. The summed E-state index contributed by atoms with van der Waals surface area (Å²) in [6.45, 7) is 2.97. The first kappa shape index (κ1) is 12.2. The van der Waals surface area contributed by atoms with Crippen LogP contribution in [0.3, 0.4) is 0 Å². The smallest absolute Gasteiger partial charge is 0.105 e. The van der Waals surface area contributed by atoms with Crippen molar-refractivity contribution < 1.29 is 4.42 Å². The summed E-state index contributed by atoms with van der Waals surface area (Å²) in [6, 6.07) is 12.2. The largest absolute Gasteiger partial charge is 0.469 e. The molecule has 0 saturated carbocycles.